The van der Waals surface area contributed by atoms with Crippen LogP contribution in [0.3, 0.4) is 0 Å². The average molecular weight is 479 g/mol. The molecule has 4 amide bonds. The van der Waals surface area contributed by atoms with Crippen molar-refractivity contribution in [3.63, 3.8) is 0 Å². The molecule has 1 unspecified atom stereocenters. The second-order valence-corrected chi connectivity index (χ2v) is 7.75. The minimum absolute atomic E-state index is 0.0865. The summed E-state index contributed by atoms with van der Waals surface area (Å²) >= 11 is 0. The third kappa shape index (κ3) is 15.2. The van der Waals surface area contributed by atoms with Gasteiger partial charge in [-0.25, -0.2) is 0 Å². The van der Waals surface area contributed by atoms with E-state index < -0.39 is 0 Å². The lowest BCUT2D eigenvalue weighted by molar-refractivity contribution is -0.126. The van der Waals surface area contributed by atoms with Crippen LogP contribution in [0, 0.1) is 6.92 Å². The normalized spacial score (nSPS) is 10.4. The first-order valence-corrected chi connectivity index (χ1v) is 12.4. The molecule has 1 aromatic carbocycles. The topological polar surface area (TPSA) is 122 Å². The lowest BCUT2D eigenvalue weighted by Gasteiger charge is -2.27. The first kappa shape index (κ1) is 33.4. The van der Waals surface area contributed by atoms with E-state index in [9.17, 15) is 19.2 Å². The van der Waals surface area contributed by atoms with E-state index >= 15 is 0 Å². The van der Waals surface area contributed by atoms with Crippen molar-refractivity contribution in [3.8, 4) is 0 Å². The molecule has 1 rings (SSSR count). The van der Waals surface area contributed by atoms with E-state index in [4.69, 9.17) is 5.73 Å². The molecule has 8 heteroatoms. The van der Waals surface area contributed by atoms with Crippen molar-refractivity contribution >= 4 is 30.3 Å². The molecular formula is C26H46N4O4. The van der Waals surface area contributed by atoms with Crippen LogP contribution in [0.1, 0.15) is 90.7 Å². The van der Waals surface area contributed by atoms with Gasteiger partial charge in [-0.3, -0.25) is 24.5 Å². The van der Waals surface area contributed by atoms with E-state index in [1.54, 1.807) is 4.90 Å². The fourth-order valence-corrected chi connectivity index (χ4v) is 2.80. The number of aryl methyl sites for hydroxylation is 1. The highest BCUT2D eigenvalue weighted by molar-refractivity contribution is 5.91. The van der Waals surface area contributed by atoms with Crippen molar-refractivity contribution < 1.29 is 19.2 Å². The quantitative estimate of drug-likeness (QED) is 0.272. The summed E-state index contributed by atoms with van der Waals surface area (Å²) in [5, 5.41) is 5.01. The number of nitrogens with one attached hydrogen (secondary N) is 2. The number of unbranched alkanes of at least 4 members (excludes halogenated alkanes) is 2. The van der Waals surface area contributed by atoms with Gasteiger partial charge in [-0.05, 0) is 56.8 Å². The summed E-state index contributed by atoms with van der Waals surface area (Å²) in [6.45, 7) is 13.0. The zero-order valence-corrected chi connectivity index (χ0v) is 22.0. The number of amides is 4. The van der Waals surface area contributed by atoms with E-state index in [-0.39, 0.29) is 24.3 Å². The summed E-state index contributed by atoms with van der Waals surface area (Å²) < 4.78 is 0. The number of rotatable bonds is 14. The summed E-state index contributed by atoms with van der Waals surface area (Å²) in [6.07, 6.45) is 6.20. The number of benzene rings is 1. The smallest absolute Gasteiger partial charge is 0.226 e. The molecule has 34 heavy (non-hydrogen) atoms. The van der Waals surface area contributed by atoms with Crippen molar-refractivity contribution in [1.82, 2.24) is 10.2 Å². The zero-order valence-electron chi connectivity index (χ0n) is 22.0. The molecule has 0 spiro atoms. The van der Waals surface area contributed by atoms with Crippen molar-refractivity contribution in [2.45, 2.75) is 99.1 Å². The molecule has 4 N–H and O–H groups in total. The van der Waals surface area contributed by atoms with Crippen LogP contribution < -0.4 is 16.4 Å². The number of imide groups is 1. The largest absolute Gasteiger partial charge is 0.338 e. The van der Waals surface area contributed by atoms with Crippen molar-refractivity contribution in [2.75, 3.05) is 11.9 Å². The fourth-order valence-electron chi connectivity index (χ4n) is 2.80. The lowest BCUT2D eigenvalue weighted by atomic mass is 10.0. The van der Waals surface area contributed by atoms with E-state index in [1.165, 1.54) is 12.8 Å². The molecule has 0 aliphatic carbocycles. The van der Waals surface area contributed by atoms with Crippen LogP contribution in [0.5, 0.6) is 0 Å². The number of carbonyl (C=O) groups is 4. The van der Waals surface area contributed by atoms with Gasteiger partial charge in [-0.1, -0.05) is 52.7 Å². The molecule has 0 fully saturated rings. The molecule has 8 nitrogen and oxygen atoms in total. The Labute approximate surface area is 206 Å². The molecule has 0 aliphatic heterocycles. The summed E-state index contributed by atoms with van der Waals surface area (Å²) in [5.74, 6) is -0.467. The van der Waals surface area contributed by atoms with E-state index in [0.717, 1.165) is 30.4 Å². The van der Waals surface area contributed by atoms with Crippen LogP contribution in [0.25, 0.3) is 0 Å². The van der Waals surface area contributed by atoms with Crippen LogP contribution in [0.2, 0.25) is 0 Å². The highest BCUT2D eigenvalue weighted by Crippen LogP contribution is 2.23. The average Bonchev–Trinajstić information content (AvgIpc) is 2.84. The molecule has 0 saturated carbocycles. The van der Waals surface area contributed by atoms with Gasteiger partial charge < -0.3 is 16.0 Å². The standard InChI is InChI=1S/C20H30N4O4.C4H10.C2H6/c1-15-6-5-7-18(23-20(28)8-3-4-11-21)17(15)12-24(14-26)16(2)9-10-19(27)22-13-25;1-3-4-2;1-2/h5-7,13-14,16H,3-4,8-12,21H2,1-2H3,(H,23,28)(H,22,25,27);3-4H2,1-2H3;1-2H3. The van der Waals surface area contributed by atoms with Gasteiger partial charge >= 0.3 is 0 Å². The molecule has 0 aromatic heterocycles. The van der Waals surface area contributed by atoms with Gasteiger partial charge in [-0.2, -0.15) is 0 Å². The van der Waals surface area contributed by atoms with Gasteiger partial charge in [0.1, 0.15) is 0 Å². The minimum atomic E-state index is -0.381. The van der Waals surface area contributed by atoms with Gasteiger partial charge in [0.25, 0.3) is 0 Å². The summed E-state index contributed by atoms with van der Waals surface area (Å²) in [5.41, 5.74) is 7.94. The number of nitrogens with two attached hydrogens (primary N) is 1. The van der Waals surface area contributed by atoms with Crippen molar-refractivity contribution in [1.29, 1.82) is 0 Å². The van der Waals surface area contributed by atoms with E-state index in [2.05, 4.69) is 24.5 Å². The Morgan fingerprint density at radius 2 is 1.71 bits per heavy atom. The lowest BCUT2D eigenvalue weighted by Crippen LogP contribution is -2.33. The van der Waals surface area contributed by atoms with Gasteiger partial charge in [0, 0.05) is 31.1 Å². The first-order chi connectivity index (χ1) is 16.3. The van der Waals surface area contributed by atoms with Crippen molar-refractivity contribution in [2.24, 2.45) is 5.73 Å². The minimum Gasteiger partial charge on any atom is -0.338 e. The Kier molecular flexibility index (Phi) is 21.7. The Bertz CT molecular complexity index is 708. The van der Waals surface area contributed by atoms with Crippen LogP contribution >= 0.6 is 0 Å². The fraction of sp³-hybridized carbons (Fsp3) is 0.615. The molecule has 1 aromatic rings. The number of nitrogens with zero attached hydrogens (tertiary/aromatic N) is 1. The van der Waals surface area contributed by atoms with E-state index in [1.807, 2.05) is 45.9 Å². The Morgan fingerprint density at radius 3 is 2.24 bits per heavy atom. The Morgan fingerprint density at radius 1 is 1.06 bits per heavy atom. The van der Waals surface area contributed by atoms with E-state index in [0.29, 0.717) is 38.0 Å². The predicted octanol–water partition coefficient (Wildman–Crippen LogP) is 4.29. The maximum Gasteiger partial charge on any atom is 0.226 e. The monoisotopic (exact) mass is 478 g/mol. The van der Waals surface area contributed by atoms with Gasteiger partial charge in [-0.15, -0.1) is 0 Å². The Balaban J connectivity index is 0. The zero-order chi connectivity index (χ0) is 26.4. The molecule has 0 saturated heterocycles. The molecule has 0 aliphatic rings. The van der Waals surface area contributed by atoms with Gasteiger partial charge in [0.05, 0.1) is 0 Å². The number of hydrogen-bond donors (Lipinski definition) is 3. The number of carbonyl (C=O) groups excluding carboxylic acids is 4. The van der Waals surface area contributed by atoms with Gasteiger partial charge in [0.2, 0.25) is 24.6 Å². The molecule has 0 bridgehead atoms. The van der Waals surface area contributed by atoms with Crippen molar-refractivity contribution in [3.05, 3.63) is 29.3 Å². The Hall–Kier alpha value is -2.74. The summed E-state index contributed by atoms with van der Waals surface area (Å²) in [6, 6.07) is 5.38. The van der Waals surface area contributed by atoms with Crippen LogP contribution in [-0.4, -0.2) is 42.1 Å². The third-order valence-corrected chi connectivity index (χ3v) is 5.09. The molecule has 0 radical (unpaired) electrons. The SMILES string of the molecule is CC.CCCC.Cc1cccc(NC(=O)CCCCN)c1CN(C=O)C(C)CCC(=O)NC=O. The second kappa shape index (κ2) is 22.1. The van der Waals surface area contributed by atoms with Crippen LogP contribution in [0.4, 0.5) is 5.69 Å². The summed E-state index contributed by atoms with van der Waals surface area (Å²) in [7, 11) is 0. The predicted molar refractivity (Wildman–Crippen MR) is 139 cm³/mol. The number of hydrogen-bond acceptors (Lipinski definition) is 5. The third-order valence-electron chi connectivity index (χ3n) is 5.09. The highest BCUT2D eigenvalue weighted by atomic mass is 16.2. The second-order valence-electron chi connectivity index (χ2n) is 7.75. The maximum absolute atomic E-state index is 12.2. The summed E-state index contributed by atoms with van der Waals surface area (Å²) in [4.78, 5) is 47.1. The van der Waals surface area contributed by atoms with Crippen LogP contribution in [0.15, 0.2) is 18.2 Å². The van der Waals surface area contributed by atoms with Gasteiger partial charge in [0.15, 0.2) is 0 Å². The number of anilines is 1. The molecule has 0 heterocycles. The first-order valence-electron chi connectivity index (χ1n) is 12.4. The molecular weight excluding hydrogens is 432 g/mol. The molecule has 1 atom stereocenters. The highest BCUT2D eigenvalue weighted by Gasteiger charge is 2.17. The van der Waals surface area contributed by atoms with Crippen LogP contribution in [-0.2, 0) is 25.7 Å². The molecule has 194 valence electrons. The maximum atomic E-state index is 12.2.